The van der Waals surface area contributed by atoms with Crippen LogP contribution >= 0.6 is 0 Å². The third kappa shape index (κ3) is 6.13. The molecule has 0 aliphatic heterocycles. The molecule has 1 fully saturated rings. The molecule has 3 atom stereocenters. The molecule has 0 bridgehead atoms. The number of para-hydroxylation sites is 3. The van der Waals surface area contributed by atoms with Gasteiger partial charge in [-0.05, 0) is 179 Å². The van der Waals surface area contributed by atoms with Crippen molar-refractivity contribution in [3.8, 4) is 27.9 Å². The number of nitrogens with zero attached hydrogens (tertiary/aromatic N) is 3. The fraction of sp³-hybridized carbons (Fsp3) is 0.155. The highest BCUT2D eigenvalue weighted by atomic mass is 15.2. The number of aryl methyl sites for hydroxylation is 1. The van der Waals surface area contributed by atoms with Crippen molar-refractivity contribution < 1.29 is 0 Å². The highest BCUT2D eigenvalue weighted by Crippen LogP contribution is 2.69. The summed E-state index contributed by atoms with van der Waals surface area (Å²) in [5.74, 6) is 0.968. The SMILES string of the molecule is Cc1ccc(-n2c3ccccc3c3ccc(N(c4ccccc4)c4cccc5c4C46c7c(cccc7N(c7ccccc7)c7ccc8c(c7)C(C)(C)c7cccc(-c9ccccc9)c7-8)CC4CCC6C5)cc32)cc1. The van der Waals surface area contributed by atoms with Gasteiger partial charge in [-0.2, -0.15) is 0 Å². The Balaban J connectivity index is 0.940. The van der Waals surface area contributed by atoms with Crippen LogP contribution in [0, 0.1) is 18.8 Å². The lowest BCUT2D eigenvalue weighted by Gasteiger charge is -2.40. The van der Waals surface area contributed by atoms with Crippen molar-refractivity contribution in [2.75, 3.05) is 9.80 Å². The molecule has 10 aromatic carbocycles. The molecule has 356 valence electrons. The third-order valence-corrected chi connectivity index (χ3v) is 17.9. The van der Waals surface area contributed by atoms with Crippen molar-refractivity contribution >= 4 is 55.9 Å². The minimum atomic E-state index is -0.190. The first-order valence-corrected chi connectivity index (χ1v) is 26.8. The second kappa shape index (κ2) is 16.3. The fourth-order valence-corrected chi connectivity index (χ4v) is 14.9. The maximum Gasteiger partial charge on any atom is 0.0561 e. The molecule has 15 rings (SSSR count). The van der Waals surface area contributed by atoms with Crippen LogP contribution in [0.2, 0.25) is 0 Å². The minimum absolute atomic E-state index is 0.185. The van der Waals surface area contributed by atoms with Gasteiger partial charge in [0.25, 0.3) is 0 Å². The molecule has 1 saturated carbocycles. The molecule has 3 nitrogen and oxygen atoms in total. The van der Waals surface area contributed by atoms with Crippen molar-refractivity contribution in [2.24, 2.45) is 11.8 Å². The van der Waals surface area contributed by atoms with E-state index in [1.807, 2.05) is 0 Å². The average molecular weight is 952 g/mol. The first-order valence-electron chi connectivity index (χ1n) is 26.8. The van der Waals surface area contributed by atoms with E-state index in [0.29, 0.717) is 11.8 Å². The van der Waals surface area contributed by atoms with E-state index in [1.54, 1.807) is 0 Å². The number of aromatic nitrogens is 1. The van der Waals surface area contributed by atoms with E-state index in [9.17, 15) is 0 Å². The van der Waals surface area contributed by atoms with Crippen LogP contribution in [0.1, 0.15) is 65.6 Å². The van der Waals surface area contributed by atoms with E-state index in [1.165, 1.54) is 130 Å². The predicted molar refractivity (Wildman–Crippen MR) is 309 cm³/mol. The summed E-state index contributed by atoms with van der Waals surface area (Å²) < 4.78 is 2.46. The molecule has 3 unspecified atom stereocenters. The first kappa shape index (κ1) is 43.2. The van der Waals surface area contributed by atoms with Gasteiger partial charge in [0, 0.05) is 50.0 Å². The van der Waals surface area contributed by atoms with Gasteiger partial charge in [0.1, 0.15) is 0 Å². The molecule has 1 heterocycles. The number of anilines is 6. The smallest absolute Gasteiger partial charge is 0.0561 e. The van der Waals surface area contributed by atoms with Crippen LogP contribution in [-0.4, -0.2) is 4.57 Å². The van der Waals surface area contributed by atoms with Crippen LogP contribution in [-0.2, 0) is 23.7 Å². The Bertz CT molecular complexity index is 4010. The Morgan fingerprint density at radius 3 is 1.64 bits per heavy atom. The minimum Gasteiger partial charge on any atom is -0.310 e. The van der Waals surface area contributed by atoms with Gasteiger partial charge in [0.2, 0.25) is 0 Å². The topological polar surface area (TPSA) is 11.4 Å². The van der Waals surface area contributed by atoms with Gasteiger partial charge in [0.15, 0.2) is 0 Å². The Morgan fingerprint density at radius 1 is 0.432 bits per heavy atom. The van der Waals surface area contributed by atoms with Gasteiger partial charge in [-0.1, -0.05) is 171 Å². The lowest BCUT2D eigenvalue weighted by Crippen LogP contribution is -2.34. The molecule has 4 aliphatic carbocycles. The number of fused-ring (bicyclic) bond motifs is 8. The molecule has 74 heavy (non-hydrogen) atoms. The van der Waals surface area contributed by atoms with Crippen LogP contribution < -0.4 is 9.80 Å². The average Bonchev–Trinajstić information content (AvgIpc) is 4.32. The fourth-order valence-electron chi connectivity index (χ4n) is 14.9. The number of hydrogen-bond donors (Lipinski definition) is 0. The normalized spacial score (nSPS) is 18.4. The summed E-state index contributed by atoms with van der Waals surface area (Å²) in [6.45, 7) is 7.01. The van der Waals surface area contributed by atoms with Crippen molar-refractivity contribution in [3.63, 3.8) is 0 Å². The maximum absolute atomic E-state index is 2.62. The molecule has 1 spiro atoms. The molecule has 0 N–H and O–H groups in total. The highest BCUT2D eigenvalue weighted by molar-refractivity contribution is 6.10. The van der Waals surface area contributed by atoms with E-state index < -0.39 is 0 Å². The summed E-state index contributed by atoms with van der Waals surface area (Å²) in [5.41, 5.74) is 25.9. The zero-order valence-corrected chi connectivity index (χ0v) is 42.3. The van der Waals surface area contributed by atoms with Crippen LogP contribution in [0.3, 0.4) is 0 Å². The zero-order valence-electron chi connectivity index (χ0n) is 42.3. The first-order chi connectivity index (χ1) is 36.4. The van der Waals surface area contributed by atoms with E-state index in [0.717, 1.165) is 18.5 Å². The summed E-state index contributed by atoms with van der Waals surface area (Å²) in [6.07, 6.45) is 4.61. The second-order valence-electron chi connectivity index (χ2n) is 22.1. The van der Waals surface area contributed by atoms with Gasteiger partial charge in [-0.15, -0.1) is 0 Å². The summed E-state index contributed by atoms with van der Waals surface area (Å²) >= 11 is 0. The third-order valence-electron chi connectivity index (χ3n) is 17.9. The zero-order chi connectivity index (χ0) is 49.3. The molecule has 0 amide bonds. The van der Waals surface area contributed by atoms with Gasteiger partial charge in [0.05, 0.1) is 22.4 Å². The molecule has 0 radical (unpaired) electrons. The standard InChI is InChI=1S/C71H57N3/c1-46-32-36-54(37-33-46)74-63-29-14-13-26-58(63)59-40-38-56(45-66(59)74)73(53-24-11-6-12-25-53)65-31-16-21-49-43-51-35-34-50-42-48-20-15-30-64(68(48)71(50,51)69(49)65)72(52-22-9-5-10-23-52)55-39-41-60-62(44-55)70(2,3)61-28-17-27-57(67(60)61)47-18-7-4-8-19-47/h4-33,36-41,44-45,50-51H,34-35,42-43H2,1-3H3. The number of hydrogen-bond acceptors (Lipinski definition) is 2. The van der Waals surface area contributed by atoms with Crippen molar-refractivity contribution in [3.05, 3.63) is 269 Å². The van der Waals surface area contributed by atoms with E-state index in [-0.39, 0.29) is 10.8 Å². The second-order valence-corrected chi connectivity index (χ2v) is 22.1. The molecular weight excluding hydrogens is 895 g/mol. The molecule has 1 aromatic heterocycles. The van der Waals surface area contributed by atoms with Gasteiger partial charge in [-0.25, -0.2) is 0 Å². The largest absolute Gasteiger partial charge is 0.310 e. The molecular formula is C71H57N3. The van der Waals surface area contributed by atoms with Crippen LogP contribution in [0.25, 0.3) is 49.7 Å². The Kier molecular flexibility index (Phi) is 9.52. The Hall–Kier alpha value is -8.40. The van der Waals surface area contributed by atoms with Crippen LogP contribution in [0.5, 0.6) is 0 Å². The van der Waals surface area contributed by atoms with Crippen molar-refractivity contribution in [2.45, 2.75) is 57.3 Å². The van der Waals surface area contributed by atoms with Gasteiger partial charge in [-0.3, -0.25) is 0 Å². The summed E-state index contributed by atoms with van der Waals surface area (Å²) in [5, 5.41) is 2.53. The quantitative estimate of drug-likeness (QED) is 0.150. The Labute approximate surface area is 434 Å². The molecule has 4 aliphatic rings. The van der Waals surface area contributed by atoms with E-state index in [2.05, 4.69) is 266 Å². The number of rotatable bonds is 8. The van der Waals surface area contributed by atoms with Crippen molar-refractivity contribution in [1.82, 2.24) is 4.57 Å². The predicted octanol–water partition coefficient (Wildman–Crippen LogP) is 18.4. The summed E-state index contributed by atoms with van der Waals surface area (Å²) in [7, 11) is 0. The van der Waals surface area contributed by atoms with Crippen LogP contribution in [0.15, 0.2) is 231 Å². The van der Waals surface area contributed by atoms with Crippen LogP contribution in [0.4, 0.5) is 34.1 Å². The highest BCUT2D eigenvalue weighted by Gasteiger charge is 2.62. The summed E-state index contributed by atoms with van der Waals surface area (Å²) in [6, 6.07) is 87.2. The Morgan fingerprint density at radius 2 is 0.986 bits per heavy atom. The molecule has 3 heteroatoms. The number of benzene rings is 10. The van der Waals surface area contributed by atoms with E-state index in [4.69, 9.17) is 0 Å². The molecule has 11 aromatic rings. The molecule has 0 saturated heterocycles. The monoisotopic (exact) mass is 951 g/mol. The van der Waals surface area contributed by atoms with Gasteiger partial charge < -0.3 is 14.4 Å². The van der Waals surface area contributed by atoms with Crippen molar-refractivity contribution in [1.29, 1.82) is 0 Å². The lowest BCUT2D eigenvalue weighted by atomic mass is 9.68. The lowest BCUT2D eigenvalue weighted by molar-refractivity contribution is 0.350. The van der Waals surface area contributed by atoms with E-state index >= 15 is 0 Å². The summed E-state index contributed by atoms with van der Waals surface area (Å²) in [4.78, 5) is 5.22. The van der Waals surface area contributed by atoms with Gasteiger partial charge >= 0.3 is 0 Å². The maximum atomic E-state index is 2.62.